The first-order valence-electron chi connectivity index (χ1n) is 7.92. The Bertz CT molecular complexity index is 861. The zero-order valence-electron chi connectivity index (χ0n) is 14.1. The number of ether oxygens (including phenoxy) is 1. The van der Waals surface area contributed by atoms with E-state index in [-0.39, 0.29) is 34.2 Å². The number of rotatable bonds is 3. The molecule has 1 aromatic carbocycles. The number of fused-ring (bicyclic) bond motifs is 2. The number of phenols is 1. The highest BCUT2D eigenvalue weighted by atomic mass is 16.5. The lowest BCUT2D eigenvalue weighted by Crippen LogP contribution is -2.38. The van der Waals surface area contributed by atoms with Crippen LogP contribution in [0.15, 0.2) is 35.6 Å². The van der Waals surface area contributed by atoms with Crippen molar-refractivity contribution in [2.24, 2.45) is 11.8 Å². The lowest BCUT2D eigenvalue weighted by Gasteiger charge is -2.31. The van der Waals surface area contributed by atoms with E-state index in [1.54, 1.807) is 19.9 Å². The fourth-order valence-electron chi connectivity index (χ4n) is 3.20. The van der Waals surface area contributed by atoms with Crippen LogP contribution in [0.25, 0.3) is 0 Å². The molecule has 0 bridgehead atoms. The monoisotopic (exact) mass is 342 g/mol. The molecule has 1 aromatic rings. The topological polar surface area (TPSA) is 101 Å². The van der Waals surface area contributed by atoms with E-state index in [1.165, 1.54) is 25.1 Å². The largest absolute Gasteiger partial charge is 0.511 e. The predicted octanol–water partition coefficient (Wildman–Crippen LogP) is 2.76. The molecule has 6 heteroatoms. The zero-order chi connectivity index (χ0) is 18.5. The van der Waals surface area contributed by atoms with Gasteiger partial charge in [-0.15, -0.1) is 0 Å². The number of phenolic OH excluding ortho intramolecular Hbond substituents is 1. The third-order valence-corrected chi connectivity index (χ3v) is 4.57. The minimum Gasteiger partial charge on any atom is -0.511 e. The summed E-state index contributed by atoms with van der Waals surface area (Å²) in [6.07, 6.45) is 2.33. The molecule has 0 heterocycles. The number of ketones is 3. The molecular weight excluding hydrogens is 324 g/mol. The first-order chi connectivity index (χ1) is 11.7. The molecule has 3 rings (SSSR count). The quantitative estimate of drug-likeness (QED) is 0.876. The Morgan fingerprint density at radius 3 is 2.52 bits per heavy atom. The van der Waals surface area contributed by atoms with Gasteiger partial charge in [0.25, 0.3) is 0 Å². The molecule has 25 heavy (non-hydrogen) atoms. The first-order valence-corrected chi connectivity index (χ1v) is 7.92. The Balaban J connectivity index is 2.10. The summed E-state index contributed by atoms with van der Waals surface area (Å²) in [4.78, 5) is 36.9. The number of carbonyl (C=O) groups is 3. The fraction of sp³-hybridized carbons (Fsp3) is 0.316. The number of aliphatic hydroxyl groups is 1. The van der Waals surface area contributed by atoms with Crippen molar-refractivity contribution in [2.75, 3.05) is 0 Å². The van der Waals surface area contributed by atoms with E-state index in [1.807, 2.05) is 0 Å². The van der Waals surface area contributed by atoms with Gasteiger partial charge in [-0.3, -0.25) is 14.4 Å². The number of aromatic hydroxyl groups is 1. The number of allylic oxidation sites excluding steroid dienone is 4. The van der Waals surface area contributed by atoms with Crippen LogP contribution >= 0.6 is 0 Å². The van der Waals surface area contributed by atoms with E-state index in [9.17, 15) is 24.6 Å². The van der Waals surface area contributed by atoms with E-state index in [0.717, 1.165) is 0 Å². The van der Waals surface area contributed by atoms with E-state index < -0.39 is 29.5 Å². The number of hydrogen-bond acceptors (Lipinski definition) is 6. The second-order valence-electron chi connectivity index (χ2n) is 6.45. The molecular formula is C19H18O6. The van der Waals surface area contributed by atoms with Crippen molar-refractivity contribution in [1.29, 1.82) is 0 Å². The zero-order valence-corrected chi connectivity index (χ0v) is 14.1. The molecule has 0 aliphatic heterocycles. The van der Waals surface area contributed by atoms with Crippen molar-refractivity contribution in [3.05, 3.63) is 46.7 Å². The number of aliphatic hydroxyl groups excluding tert-OH is 1. The summed E-state index contributed by atoms with van der Waals surface area (Å²) in [6, 6.07) is 2.57. The molecule has 2 N–H and O–H groups in total. The van der Waals surface area contributed by atoms with Gasteiger partial charge in [0, 0.05) is 11.6 Å². The van der Waals surface area contributed by atoms with Gasteiger partial charge in [0.15, 0.2) is 23.5 Å². The summed E-state index contributed by atoms with van der Waals surface area (Å²) < 4.78 is 5.44. The van der Waals surface area contributed by atoms with Crippen LogP contribution in [0.4, 0.5) is 0 Å². The van der Waals surface area contributed by atoms with Gasteiger partial charge in [-0.1, -0.05) is 11.6 Å². The fourth-order valence-corrected chi connectivity index (χ4v) is 3.20. The molecule has 130 valence electrons. The van der Waals surface area contributed by atoms with E-state index >= 15 is 0 Å². The molecule has 2 aliphatic carbocycles. The summed E-state index contributed by atoms with van der Waals surface area (Å²) in [7, 11) is 0. The molecule has 0 spiro atoms. The minimum absolute atomic E-state index is 0.0377. The van der Waals surface area contributed by atoms with Crippen LogP contribution in [0.1, 0.15) is 41.5 Å². The van der Waals surface area contributed by atoms with Gasteiger partial charge in [-0.05, 0) is 32.9 Å². The Labute approximate surface area is 144 Å². The molecule has 3 atom stereocenters. The average Bonchev–Trinajstić information content (AvgIpc) is 2.51. The highest BCUT2D eigenvalue weighted by Gasteiger charge is 2.45. The van der Waals surface area contributed by atoms with Gasteiger partial charge in [-0.2, -0.15) is 0 Å². The molecule has 0 amide bonds. The van der Waals surface area contributed by atoms with Crippen LogP contribution < -0.4 is 4.74 Å². The minimum atomic E-state index is -1.02. The van der Waals surface area contributed by atoms with E-state index in [4.69, 9.17) is 4.74 Å². The molecule has 0 saturated heterocycles. The molecule has 0 radical (unpaired) electrons. The van der Waals surface area contributed by atoms with Crippen molar-refractivity contribution in [3.63, 3.8) is 0 Å². The Morgan fingerprint density at radius 1 is 1.20 bits per heavy atom. The van der Waals surface area contributed by atoms with Gasteiger partial charge in [-0.25, -0.2) is 0 Å². The summed E-state index contributed by atoms with van der Waals surface area (Å²) >= 11 is 0. The lowest BCUT2D eigenvalue weighted by atomic mass is 9.70. The standard InChI is InChI=1S/C19H18O6/c1-8-4-12-16(14(21)5-8)19(24)17-13(18(12)23)6-11(7-15(17)22)25-10(3)9(2)20/h4-7,10,12,16,21-22H,1-3H3. The van der Waals surface area contributed by atoms with Crippen molar-refractivity contribution in [3.8, 4) is 11.5 Å². The predicted molar refractivity (Wildman–Crippen MR) is 89.0 cm³/mol. The van der Waals surface area contributed by atoms with Gasteiger partial charge in [0.05, 0.1) is 17.4 Å². The molecule has 3 unspecified atom stereocenters. The van der Waals surface area contributed by atoms with Crippen molar-refractivity contribution < 1.29 is 29.3 Å². The molecule has 0 saturated carbocycles. The summed E-state index contributed by atoms with van der Waals surface area (Å²) in [6.45, 7) is 4.65. The maximum atomic E-state index is 12.8. The van der Waals surface area contributed by atoms with Gasteiger partial charge in [0.2, 0.25) is 0 Å². The van der Waals surface area contributed by atoms with E-state index in [0.29, 0.717) is 5.57 Å². The van der Waals surface area contributed by atoms with Gasteiger partial charge in [0.1, 0.15) is 17.3 Å². The lowest BCUT2D eigenvalue weighted by molar-refractivity contribution is -0.122. The van der Waals surface area contributed by atoms with Gasteiger partial charge >= 0.3 is 0 Å². The van der Waals surface area contributed by atoms with Crippen LogP contribution in [0.2, 0.25) is 0 Å². The summed E-state index contributed by atoms with van der Waals surface area (Å²) in [5.74, 6) is -3.38. The molecule has 0 fully saturated rings. The highest BCUT2D eigenvalue weighted by molar-refractivity contribution is 6.19. The number of carbonyl (C=O) groups excluding carboxylic acids is 3. The number of Topliss-reactive ketones (excluding diaryl/α,β-unsaturated/α-hetero) is 3. The first kappa shape index (κ1) is 17.0. The van der Waals surface area contributed by atoms with E-state index in [2.05, 4.69) is 0 Å². The SMILES string of the molecule is CC(=O)C(C)Oc1cc(O)c2c(c1)C(=O)C1C=C(C)C=C(O)C1C2=O. The number of benzene rings is 1. The van der Waals surface area contributed by atoms with Crippen molar-refractivity contribution >= 4 is 17.3 Å². The van der Waals surface area contributed by atoms with Crippen LogP contribution in [0.3, 0.4) is 0 Å². The Kier molecular flexibility index (Phi) is 3.99. The smallest absolute Gasteiger partial charge is 0.178 e. The molecule has 6 nitrogen and oxygen atoms in total. The van der Waals surface area contributed by atoms with Crippen molar-refractivity contribution in [2.45, 2.75) is 26.9 Å². The van der Waals surface area contributed by atoms with Crippen LogP contribution in [0, 0.1) is 11.8 Å². The summed E-state index contributed by atoms with van der Waals surface area (Å²) in [5, 5.41) is 20.4. The maximum Gasteiger partial charge on any atom is 0.178 e. The second kappa shape index (κ2) is 5.88. The maximum absolute atomic E-state index is 12.8. The average molecular weight is 342 g/mol. The third kappa shape index (κ3) is 2.73. The van der Waals surface area contributed by atoms with Crippen LogP contribution in [0.5, 0.6) is 11.5 Å². The highest BCUT2D eigenvalue weighted by Crippen LogP contribution is 2.42. The third-order valence-electron chi connectivity index (χ3n) is 4.57. The second-order valence-corrected chi connectivity index (χ2v) is 6.45. The van der Waals surface area contributed by atoms with Crippen LogP contribution in [-0.4, -0.2) is 33.7 Å². The molecule has 0 aromatic heterocycles. The normalized spacial score (nSPS) is 23.2. The van der Waals surface area contributed by atoms with Gasteiger partial charge < -0.3 is 14.9 Å². The number of hydrogen-bond donors (Lipinski definition) is 2. The molecule has 2 aliphatic rings. The Hall–Kier alpha value is -2.89. The van der Waals surface area contributed by atoms with Crippen molar-refractivity contribution in [1.82, 2.24) is 0 Å². The Morgan fingerprint density at radius 2 is 1.88 bits per heavy atom. The summed E-state index contributed by atoms with van der Waals surface area (Å²) in [5.41, 5.74) is 0.600. The van der Waals surface area contributed by atoms with Crippen LogP contribution in [-0.2, 0) is 4.79 Å².